The van der Waals surface area contributed by atoms with Crippen LogP contribution in [-0.2, 0) is 52.1 Å². The van der Waals surface area contributed by atoms with Gasteiger partial charge in [-0.25, -0.2) is 0 Å². The van der Waals surface area contributed by atoms with E-state index in [0.717, 1.165) is 0 Å². The third kappa shape index (κ3) is 10.1. The molecule has 0 bridgehead atoms. The Morgan fingerprint density at radius 3 is 0.900 bits per heavy atom. The van der Waals surface area contributed by atoms with Crippen LogP contribution in [0, 0.1) is 0 Å². The lowest BCUT2D eigenvalue weighted by molar-refractivity contribution is -0.395. The highest BCUT2D eigenvalue weighted by molar-refractivity contribution is 4.99. The molecule has 27 nitrogen and oxygen atoms in total. The zero-order chi connectivity index (χ0) is 43.7. The molecule has 6 fully saturated rings. The fourth-order valence-corrected chi connectivity index (χ4v) is 7.50. The number of rotatable bonds is 16. The molecule has 16 N–H and O–H groups in total. The highest BCUT2D eigenvalue weighted by Gasteiger charge is 2.57. The van der Waals surface area contributed by atoms with Gasteiger partial charge in [0, 0.05) is 0 Å². The quantitative estimate of drug-likeness (QED) is 0.0640. The molecule has 0 aliphatic carbocycles. The first-order valence-corrected chi connectivity index (χ1v) is 19.2. The largest absolute Gasteiger partial charge is 0.394 e. The smallest absolute Gasteiger partial charge is 0.187 e. The van der Waals surface area contributed by atoms with Gasteiger partial charge in [-0.1, -0.05) is 0 Å². The molecule has 6 rings (SSSR count). The van der Waals surface area contributed by atoms with Crippen molar-refractivity contribution >= 4 is 0 Å². The molecular formula is C33H56O27. The molecule has 0 radical (unpaired) electrons. The molecule has 1 unspecified atom stereocenters. The van der Waals surface area contributed by atoms with Gasteiger partial charge in [0.05, 0.1) is 46.2 Å². The maximum atomic E-state index is 11.5. The molecule has 6 heterocycles. The van der Waals surface area contributed by atoms with Crippen LogP contribution >= 0.6 is 0 Å². The normalized spacial score (nSPS) is 52.6. The molecule has 0 aromatic carbocycles. The van der Waals surface area contributed by atoms with Crippen LogP contribution in [0.15, 0.2) is 0 Å². The molecule has 0 spiro atoms. The van der Waals surface area contributed by atoms with Crippen LogP contribution in [0.25, 0.3) is 0 Å². The lowest BCUT2D eigenvalue weighted by Gasteiger charge is -2.49. The standard InChI is InChI=1S/C33H56O27/c34-1-9-14(39)19(44)20(45)30(53-9)57-26-16(41)11(3-36)55-32(22(26)47)59-28-18(43)13(5-38)56-33(24(28)49)60-27-17(42)12(4-37)54-31(23(27)48)58-25-15(40)10(2-35)52-29(21(25)46)51-7-8-6-50-8/h8-49H,1-7H2/t8?,9-,10-,11-,12-,13-,14-,15-,16-,17-,18-,19+,20-,21-,22-,23-,24-,25+,26+,27+,28+,29-,30+,31+,32+,33+/m1/s1. The summed E-state index contributed by atoms with van der Waals surface area (Å²) in [4.78, 5) is 0. The second-order valence-electron chi connectivity index (χ2n) is 15.2. The minimum atomic E-state index is -2.17. The van der Waals surface area contributed by atoms with Crippen molar-refractivity contribution in [1.82, 2.24) is 0 Å². The van der Waals surface area contributed by atoms with Crippen LogP contribution in [0.4, 0.5) is 0 Å². The predicted octanol–water partition coefficient (Wildman–Crippen LogP) is -11.5. The van der Waals surface area contributed by atoms with E-state index < -0.39 is 187 Å². The summed E-state index contributed by atoms with van der Waals surface area (Å²) < 4.78 is 60.7. The predicted molar refractivity (Wildman–Crippen MR) is 180 cm³/mol. The molecule has 6 aliphatic heterocycles. The van der Waals surface area contributed by atoms with Gasteiger partial charge in [0.1, 0.15) is 128 Å². The SMILES string of the molecule is OC[C@H]1O[C@@H](O[C@@H]2[C@@H](O)[C@H](O[C@@H]3[C@@H](O)[C@H](O[C@@H]4[C@@H](O)[C@H](O[C@@H]5[C@@H](O)[C@H](OCC6CO6)O[C@H](CO)[C@H]5O)O[C@H](CO)[C@H]4O)O[C@H](CO)[C@H]3O)O[C@H](CO)[C@H]2O)[C@H](O)[C@@H](O)[C@@H]1O. The van der Waals surface area contributed by atoms with Gasteiger partial charge < -0.3 is 134 Å². The molecule has 0 amide bonds. The second-order valence-corrected chi connectivity index (χ2v) is 15.2. The summed E-state index contributed by atoms with van der Waals surface area (Å²) in [6.45, 7) is -4.11. The Balaban J connectivity index is 1.17. The zero-order valence-electron chi connectivity index (χ0n) is 31.6. The summed E-state index contributed by atoms with van der Waals surface area (Å²) in [5, 5.41) is 169. The average Bonchev–Trinajstić information content (AvgIpc) is 4.07. The van der Waals surface area contributed by atoms with E-state index in [4.69, 9.17) is 52.1 Å². The number of hydrogen-bond acceptors (Lipinski definition) is 27. The molecule has 60 heavy (non-hydrogen) atoms. The van der Waals surface area contributed by atoms with Crippen LogP contribution in [-0.4, -0.2) is 288 Å². The topological polar surface area (TPSA) is 429 Å². The van der Waals surface area contributed by atoms with Crippen LogP contribution in [0.5, 0.6) is 0 Å². The van der Waals surface area contributed by atoms with Gasteiger partial charge in [0.15, 0.2) is 31.5 Å². The number of hydrogen-bond donors (Lipinski definition) is 16. The van der Waals surface area contributed by atoms with Crippen molar-refractivity contribution in [3.05, 3.63) is 0 Å². The second kappa shape index (κ2) is 20.8. The summed E-state index contributed by atoms with van der Waals surface area (Å²) in [7, 11) is 0. The van der Waals surface area contributed by atoms with Crippen molar-refractivity contribution < 1.29 is 134 Å². The van der Waals surface area contributed by atoms with Crippen LogP contribution in [0.3, 0.4) is 0 Å². The monoisotopic (exact) mass is 884 g/mol. The molecule has 0 aromatic heterocycles. The Bertz CT molecular complexity index is 1320. The first kappa shape index (κ1) is 48.4. The lowest BCUT2D eigenvalue weighted by atomic mass is 9.95. The summed E-state index contributed by atoms with van der Waals surface area (Å²) in [6.07, 6.45) is -46.3. The van der Waals surface area contributed by atoms with Crippen molar-refractivity contribution in [2.45, 2.75) is 160 Å². The minimum absolute atomic E-state index is 0.0236. The first-order chi connectivity index (χ1) is 28.6. The summed E-state index contributed by atoms with van der Waals surface area (Å²) in [6, 6.07) is 0. The first-order valence-electron chi connectivity index (χ1n) is 19.2. The van der Waals surface area contributed by atoms with E-state index in [0.29, 0.717) is 6.61 Å². The van der Waals surface area contributed by atoms with E-state index in [-0.39, 0.29) is 12.7 Å². The van der Waals surface area contributed by atoms with E-state index in [1.54, 1.807) is 0 Å². The fraction of sp³-hybridized carbons (Fsp3) is 1.00. The summed E-state index contributed by atoms with van der Waals surface area (Å²) >= 11 is 0. The van der Waals surface area contributed by atoms with Gasteiger partial charge in [-0.2, -0.15) is 0 Å². The molecule has 6 saturated heterocycles. The van der Waals surface area contributed by atoms with Gasteiger partial charge in [-0.05, 0) is 0 Å². The van der Waals surface area contributed by atoms with E-state index in [2.05, 4.69) is 0 Å². The molecule has 0 saturated carbocycles. The van der Waals surface area contributed by atoms with E-state index >= 15 is 0 Å². The van der Waals surface area contributed by atoms with Crippen molar-refractivity contribution in [2.75, 3.05) is 46.2 Å². The molecule has 26 atom stereocenters. The molecule has 350 valence electrons. The lowest BCUT2D eigenvalue weighted by Crippen LogP contribution is -2.68. The zero-order valence-corrected chi connectivity index (χ0v) is 31.6. The maximum absolute atomic E-state index is 11.5. The van der Waals surface area contributed by atoms with Crippen molar-refractivity contribution in [3.8, 4) is 0 Å². The Morgan fingerprint density at radius 1 is 0.333 bits per heavy atom. The van der Waals surface area contributed by atoms with E-state index in [1.165, 1.54) is 0 Å². The molecule has 27 heteroatoms. The summed E-state index contributed by atoms with van der Waals surface area (Å²) in [5.41, 5.74) is 0. The molecule has 6 aliphatic rings. The highest BCUT2D eigenvalue weighted by atomic mass is 16.8. The van der Waals surface area contributed by atoms with Crippen molar-refractivity contribution in [1.29, 1.82) is 0 Å². The molecule has 0 aromatic rings. The molecular weight excluding hydrogens is 828 g/mol. The van der Waals surface area contributed by atoms with Crippen LogP contribution in [0.2, 0.25) is 0 Å². The van der Waals surface area contributed by atoms with Gasteiger partial charge in [0.25, 0.3) is 0 Å². The van der Waals surface area contributed by atoms with E-state index in [1.807, 2.05) is 0 Å². The van der Waals surface area contributed by atoms with Gasteiger partial charge in [-0.3, -0.25) is 0 Å². The maximum Gasteiger partial charge on any atom is 0.187 e. The Kier molecular flexibility index (Phi) is 16.8. The van der Waals surface area contributed by atoms with Gasteiger partial charge in [0.2, 0.25) is 0 Å². The Labute approximate surface area is 339 Å². The van der Waals surface area contributed by atoms with Crippen LogP contribution < -0.4 is 0 Å². The fourth-order valence-electron chi connectivity index (χ4n) is 7.50. The Morgan fingerprint density at radius 2 is 0.600 bits per heavy atom. The number of aliphatic hydroxyl groups excluding tert-OH is 16. The number of epoxide rings is 1. The minimum Gasteiger partial charge on any atom is -0.394 e. The van der Waals surface area contributed by atoms with Crippen molar-refractivity contribution in [2.24, 2.45) is 0 Å². The van der Waals surface area contributed by atoms with Gasteiger partial charge >= 0.3 is 0 Å². The number of aliphatic hydroxyl groups is 16. The highest BCUT2D eigenvalue weighted by Crippen LogP contribution is 2.36. The number of ether oxygens (including phenoxy) is 11. The van der Waals surface area contributed by atoms with Crippen molar-refractivity contribution in [3.63, 3.8) is 0 Å². The third-order valence-corrected chi connectivity index (χ3v) is 11.1. The Hall–Kier alpha value is -1.08. The van der Waals surface area contributed by atoms with Crippen LogP contribution in [0.1, 0.15) is 0 Å². The third-order valence-electron chi connectivity index (χ3n) is 11.1. The summed E-state index contributed by atoms with van der Waals surface area (Å²) in [5.74, 6) is 0. The average molecular weight is 885 g/mol. The van der Waals surface area contributed by atoms with Gasteiger partial charge in [-0.15, -0.1) is 0 Å². The van der Waals surface area contributed by atoms with E-state index in [9.17, 15) is 81.7 Å².